The van der Waals surface area contributed by atoms with Crippen molar-refractivity contribution in [1.29, 1.82) is 0 Å². The average molecular weight is 248 g/mol. The largest absolute Gasteiger partial charge is 0.409 e. The van der Waals surface area contributed by atoms with E-state index >= 15 is 0 Å². The Hall–Kier alpha value is -1.62. The Morgan fingerprint density at radius 3 is 2.94 bits per heavy atom. The van der Waals surface area contributed by atoms with Crippen molar-refractivity contribution in [3.63, 3.8) is 0 Å². The zero-order chi connectivity index (χ0) is 13.0. The number of pyridine rings is 1. The first-order valence-corrected chi connectivity index (χ1v) is 6.37. The van der Waals surface area contributed by atoms with Crippen molar-refractivity contribution >= 4 is 5.84 Å². The number of aromatic nitrogens is 1. The monoisotopic (exact) mass is 248 g/mol. The molecule has 1 aromatic heterocycles. The van der Waals surface area contributed by atoms with E-state index in [1.54, 1.807) is 6.20 Å². The lowest BCUT2D eigenvalue weighted by Crippen LogP contribution is -2.50. The summed E-state index contributed by atoms with van der Waals surface area (Å²) < 4.78 is 0. The maximum Gasteiger partial charge on any atom is 0.189 e. The van der Waals surface area contributed by atoms with Crippen molar-refractivity contribution in [3.05, 3.63) is 29.6 Å². The van der Waals surface area contributed by atoms with Crippen LogP contribution in [-0.2, 0) is 6.54 Å². The zero-order valence-electron chi connectivity index (χ0n) is 10.7. The molecule has 1 aliphatic rings. The summed E-state index contributed by atoms with van der Waals surface area (Å²) >= 11 is 0. The van der Waals surface area contributed by atoms with Gasteiger partial charge in [-0.2, -0.15) is 0 Å². The molecule has 0 saturated heterocycles. The van der Waals surface area contributed by atoms with Gasteiger partial charge in [-0.1, -0.05) is 18.1 Å². The molecule has 1 aliphatic carbocycles. The third-order valence-corrected chi connectivity index (χ3v) is 3.88. The van der Waals surface area contributed by atoms with Crippen molar-refractivity contribution in [2.75, 3.05) is 0 Å². The van der Waals surface area contributed by atoms with E-state index in [1.165, 1.54) is 19.3 Å². The number of oxime groups is 1. The Kier molecular flexibility index (Phi) is 3.81. The molecule has 1 fully saturated rings. The van der Waals surface area contributed by atoms with E-state index in [9.17, 15) is 0 Å². The highest BCUT2D eigenvalue weighted by Gasteiger charge is 2.34. The SMILES string of the molecule is CCC1(NCc2cccnc2/C(N)=N/O)CCC1. The van der Waals surface area contributed by atoms with Crippen LogP contribution >= 0.6 is 0 Å². The van der Waals surface area contributed by atoms with Crippen LogP contribution < -0.4 is 11.1 Å². The lowest BCUT2D eigenvalue weighted by Gasteiger charge is -2.42. The minimum absolute atomic E-state index is 0.0616. The lowest BCUT2D eigenvalue weighted by atomic mass is 9.75. The fourth-order valence-electron chi connectivity index (χ4n) is 2.40. The Labute approximate surface area is 107 Å². The standard InChI is InChI=1S/C13H20N4O/c1-2-13(6-4-7-13)16-9-10-5-3-8-15-11(10)12(14)17-18/h3,5,8,16,18H,2,4,6-7,9H2,1H3,(H2,14,17). The van der Waals surface area contributed by atoms with E-state index in [2.05, 4.69) is 22.4 Å². The predicted molar refractivity (Wildman–Crippen MR) is 70.5 cm³/mol. The van der Waals surface area contributed by atoms with Crippen LogP contribution in [-0.4, -0.2) is 21.6 Å². The highest BCUT2D eigenvalue weighted by molar-refractivity contribution is 5.96. The molecule has 0 spiro atoms. The summed E-state index contributed by atoms with van der Waals surface area (Å²) in [6.07, 6.45) is 6.52. The molecule has 1 aromatic rings. The first-order valence-electron chi connectivity index (χ1n) is 6.37. The minimum Gasteiger partial charge on any atom is -0.409 e. The summed E-state index contributed by atoms with van der Waals surface area (Å²) in [4.78, 5) is 4.16. The molecule has 0 atom stereocenters. The molecule has 0 bridgehead atoms. The second kappa shape index (κ2) is 5.35. The first kappa shape index (κ1) is 12.8. The molecule has 0 unspecified atom stereocenters. The summed E-state index contributed by atoms with van der Waals surface area (Å²) in [6.45, 7) is 2.91. The van der Waals surface area contributed by atoms with Crippen LogP contribution in [0.15, 0.2) is 23.5 Å². The van der Waals surface area contributed by atoms with Gasteiger partial charge < -0.3 is 16.3 Å². The van der Waals surface area contributed by atoms with Crippen molar-refractivity contribution < 1.29 is 5.21 Å². The van der Waals surface area contributed by atoms with E-state index in [-0.39, 0.29) is 11.4 Å². The Morgan fingerprint density at radius 2 is 2.39 bits per heavy atom. The summed E-state index contributed by atoms with van der Waals surface area (Å²) in [5.41, 5.74) is 7.42. The van der Waals surface area contributed by atoms with Gasteiger partial charge in [-0.15, -0.1) is 0 Å². The fourth-order valence-corrected chi connectivity index (χ4v) is 2.40. The van der Waals surface area contributed by atoms with Crippen molar-refractivity contribution in [3.8, 4) is 0 Å². The molecule has 18 heavy (non-hydrogen) atoms. The molecule has 1 heterocycles. The van der Waals surface area contributed by atoms with Gasteiger partial charge in [0.1, 0.15) is 5.69 Å². The summed E-state index contributed by atoms with van der Waals surface area (Å²) in [6, 6.07) is 3.82. The van der Waals surface area contributed by atoms with Crippen molar-refractivity contribution in [2.24, 2.45) is 10.9 Å². The molecule has 1 saturated carbocycles. The van der Waals surface area contributed by atoms with E-state index in [0.29, 0.717) is 12.2 Å². The van der Waals surface area contributed by atoms with Gasteiger partial charge in [-0.25, -0.2) is 0 Å². The van der Waals surface area contributed by atoms with Crippen LogP contribution in [0.2, 0.25) is 0 Å². The smallest absolute Gasteiger partial charge is 0.189 e. The van der Waals surface area contributed by atoms with Crippen molar-refractivity contribution in [1.82, 2.24) is 10.3 Å². The van der Waals surface area contributed by atoms with Crippen LogP contribution in [0, 0.1) is 0 Å². The maximum absolute atomic E-state index is 8.75. The summed E-state index contributed by atoms with van der Waals surface area (Å²) in [5.74, 6) is 0.0616. The molecule has 0 radical (unpaired) electrons. The number of hydrogen-bond acceptors (Lipinski definition) is 4. The molecule has 5 heteroatoms. The lowest BCUT2D eigenvalue weighted by molar-refractivity contribution is 0.175. The van der Waals surface area contributed by atoms with Gasteiger partial charge >= 0.3 is 0 Å². The molecular formula is C13H20N4O. The highest BCUT2D eigenvalue weighted by atomic mass is 16.4. The molecule has 0 amide bonds. The van der Waals surface area contributed by atoms with Gasteiger partial charge in [0, 0.05) is 18.3 Å². The summed E-state index contributed by atoms with van der Waals surface area (Å²) in [7, 11) is 0. The normalized spacial score (nSPS) is 18.4. The molecule has 4 N–H and O–H groups in total. The molecule has 5 nitrogen and oxygen atoms in total. The quantitative estimate of drug-likeness (QED) is 0.320. The zero-order valence-corrected chi connectivity index (χ0v) is 10.7. The highest BCUT2D eigenvalue weighted by Crippen LogP contribution is 2.34. The summed E-state index contributed by atoms with van der Waals surface area (Å²) in [5, 5.41) is 15.4. The maximum atomic E-state index is 8.75. The van der Waals surface area contributed by atoms with Crippen LogP contribution in [0.5, 0.6) is 0 Å². The number of nitrogens with one attached hydrogen (secondary N) is 1. The van der Waals surface area contributed by atoms with Crippen LogP contribution in [0.3, 0.4) is 0 Å². The molecule has 0 aliphatic heterocycles. The number of nitrogens with zero attached hydrogens (tertiary/aromatic N) is 2. The van der Waals surface area contributed by atoms with Gasteiger partial charge in [0.25, 0.3) is 0 Å². The second-order valence-corrected chi connectivity index (χ2v) is 4.84. The Bertz CT molecular complexity index is 435. The Balaban J connectivity index is 2.09. The van der Waals surface area contributed by atoms with E-state index < -0.39 is 0 Å². The average Bonchev–Trinajstić information content (AvgIpc) is 2.37. The van der Waals surface area contributed by atoms with Crippen LogP contribution in [0.4, 0.5) is 0 Å². The number of hydrogen-bond donors (Lipinski definition) is 3. The number of amidine groups is 1. The van der Waals surface area contributed by atoms with Crippen LogP contribution in [0.25, 0.3) is 0 Å². The Morgan fingerprint density at radius 1 is 1.61 bits per heavy atom. The van der Waals surface area contributed by atoms with E-state index in [0.717, 1.165) is 12.0 Å². The molecular weight excluding hydrogens is 228 g/mol. The number of rotatable bonds is 5. The van der Waals surface area contributed by atoms with Gasteiger partial charge in [-0.3, -0.25) is 4.98 Å². The third-order valence-electron chi connectivity index (χ3n) is 3.88. The third kappa shape index (κ3) is 2.46. The molecule has 98 valence electrons. The van der Waals surface area contributed by atoms with E-state index in [1.807, 2.05) is 12.1 Å². The molecule has 0 aromatic carbocycles. The van der Waals surface area contributed by atoms with E-state index in [4.69, 9.17) is 10.9 Å². The van der Waals surface area contributed by atoms with Gasteiger partial charge in [0.15, 0.2) is 5.84 Å². The van der Waals surface area contributed by atoms with Gasteiger partial charge in [-0.05, 0) is 37.3 Å². The minimum atomic E-state index is 0.0616. The topological polar surface area (TPSA) is 83.5 Å². The fraction of sp³-hybridized carbons (Fsp3) is 0.538. The predicted octanol–water partition coefficient (Wildman–Crippen LogP) is 1.60. The first-order chi connectivity index (χ1) is 8.71. The van der Waals surface area contributed by atoms with Gasteiger partial charge in [0.2, 0.25) is 0 Å². The molecule has 2 rings (SSSR count). The van der Waals surface area contributed by atoms with Crippen LogP contribution in [0.1, 0.15) is 43.9 Å². The number of nitrogens with two attached hydrogens (primary N) is 1. The van der Waals surface area contributed by atoms with Gasteiger partial charge in [0.05, 0.1) is 0 Å². The van der Waals surface area contributed by atoms with Crippen molar-refractivity contribution in [2.45, 2.75) is 44.7 Å². The second-order valence-electron chi connectivity index (χ2n) is 4.84.